The maximum Gasteiger partial charge on any atom is 0.231 e. The summed E-state index contributed by atoms with van der Waals surface area (Å²) >= 11 is 0. The van der Waals surface area contributed by atoms with Gasteiger partial charge in [-0.25, -0.2) is 0 Å². The minimum atomic E-state index is 0.323. The fraction of sp³-hybridized carbons (Fsp3) is 0.632. The molecule has 3 aromatic rings. The van der Waals surface area contributed by atoms with Gasteiger partial charge in [0.15, 0.2) is 17.3 Å². The van der Waals surface area contributed by atoms with E-state index in [0.29, 0.717) is 24.3 Å². The molecule has 10 nitrogen and oxygen atoms in total. The summed E-state index contributed by atoms with van der Waals surface area (Å²) in [5, 5.41) is 17.3. The second-order valence-electron chi connectivity index (χ2n) is 7.69. The quantitative estimate of drug-likeness (QED) is 0.635. The molecule has 29 heavy (non-hydrogen) atoms. The highest BCUT2D eigenvalue weighted by atomic mass is 16.5. The average Bonchev–Trinajstić information content (AvgIpc) is 3.42. The number of likely N-dealkylation sites (tertiary alicyclic amines) is 1. The van der Waals surface area contributed by atoms with Gasteiger partial charge < -0.3 is 14.0 Å². The fourth-order valence-corrected chi connectivity index (χ4v) is 4.14. The Kier molecular flexibility index (Phi) is 5.11. The molecule has 3 aromatic heterocycles. The van der Waals surface area contributed by atoms with Crippen molar-refractivity contribution in [3.05, 3.63) is 29.7 Å². The minimum Gasteiger partial charge on any atom is -0.480 e. The molecule has 2 fully saturated rings. The first-order valence-corrected chi connectivity index (χ1v) is 10.2. The molecule has 0 atom stereocenters. The highest BCUT2D eigenvalue weighted by Crippen LogP contribution is 2.29. The van der Waals surface area contributed by atoms with E-state index in [0.717, 1.165) is 75.2 Å². The number of ether oxygens (including phenoxy) is 2. The lowest BCUT2D eigenvalue weighted by Gasteiger charge is -2.29. The van der Waals surface area contributed by atoms with Crippen LogP contribution in [0.15, 0.2) is 16.7 Å². The monoisotopic (exact) mass is 399 g/mol. The third kappa shape index (κ3) is 3.82. The molecule has 0 N–H and O–H groups in total. The van der Waals surface area contributed by atoms with E-state index in [1.807, 2.05) is 6.07 Å². The molecule has 5 rings (SSSR count). The first kappa shape index (κ1) is 18.4. The lowest BCUT2D eigenvalue weighted by Crippen LogP contribution is -2.33. The van der Waals surface area contributed by atoms with E-state index >= 15 is 0 Å². The summed E-state index contributed by atoms with van der Waals surface area (Å²) < 4.78 is 18.0. The van der Waals surface area contributed by atoms with Gasteiger partial charge in [0.1, 0.15) is 0 Å². The van der Waals surface area contributed by atoms with Crippen LogP contribution >= 0.6 is 0 Å². The zero-order chi connectivity index (χ0) is 19.6. The molecule has 2 aliphatic heterocycles. The predicted octanol–water partition coefficient (Wildman–Crippen LogP) is 1.79. The smallest absolute Gasteiger partial charge is 0.231 e. The SMILES string of the molecule is COc1ccc2nnc(C3CCN(Cc4noc(C5CCOCC5)n4)CC3)n2n1. The molecule has 10 heteroatoms. The minimum absolute atomic E-state index is 0.323. The summed E-state index contributed by atoms with van der Waals surface area (Å²) in [6.45, 7) is 4.16. The zero-order valence-corrected chi connectivity index (χ0v) is 16.5. The molecule has 5 heterocycles. The summed E-state index contributed by atoms with van der Waals surface area (Å²) in [4.78, 5) is 7.00. The number of nitrogens with zero attached hydrogens (tertiary/aromatic N) is 7. The van der Waals surface area contributed by atoms with E-state index in [1.165, 1.54) is 0 Å². The van der Waals surface area contributed by atoms with Gasteiger partial charge in [0, 0.05) is 31.1 Å². The lowest BCUT2D eigenvalue weighted by molar-refractivity contribution is 0.0778. The van der Waals surface area contributed by atoms with Gasteiger partial charge >= 0.3 is 0 Å². The van der Waals surface area contributed by atoms with Crippen LogP contribution < -0.4 is 4.74 Å². The second kappa shape index (κ2) is 8.03. The van der Waals surface area contributed by atoms with Crippen LogP contribution in [0, 0.1) is 0 Å². The Labute approximate surface area is 168 Å². The standard InChI is InChI=1S/C19H25N7O3/c1-27-17-3-2-16-21-22-18(26(16)23-17)13-4-8-25(9-5-13)12-15-20-19(29-24-15)14-6-10-28-11-7-14/h2-3,13-14H,4-12H2,1H3. The molecule has 2 aliphatic rings. The number of hydrogen-bond donors (Lipinski definition) is 0. The van der Waals surface area contributed by atoms with Crippen LogP contribution in [0.2, 0.25) is 0 Å². The lowest BCUT2D eigenvalue weighted by atomic mass is 9.96. The van der Waals surface area contributed by atoms with Gasteiger partial charge in [-0.05, 0) is 44.8 Å². The van der Waals surface area contributed by atoms with E-state index in [2.05, 4.69) is 30.3 Å². The average molecular weight is 399 g/mol. The molecular formula is C19H25N7O3. The van der Waals surface area contributed by atoms with Crippen LogP contribution in [0.4, 0.5) is 0 Å². The number of methoxy groups -OCH3 is 1. The summed E-state index contributed by atoms with van der Waals surface area (Å²) in [5.74, 6) is 3.65. The number of hydrogen-bond acceptors (Lipinski definition) is 9. The molecule has 2 saturated heterocycles. The Balaban J connectivity index is 1.20. The van der Waals surface area contributed by atoms with Crippen LogP contribution in [0.5, 0.6) is 5.88 Å². The van der Waals surface area contributed by atoms with Crippen LogP contribution in [0.3, 0.4) is 0 Å². The van der Waals surface area contributed by atoms with Crippen molar-refractivity contribution in [2.75, 3.05) is 33.4 Å². The molecule has 0 saturated carbocycles. The molecule has 0 bridgehead atoms. The summed E-state index contributed by atoms with van der Waals surface area (Å²) in [6, 6.07) is 3.68. The summed E-state index contributed by atoms with van der Waals surface area (Å²) in [7, 11) is 1.61. The van der Waals surface area contributed by atoms with Crippen molar-refractivity contribution in [3.63, 3.8) is 0 Å². The van der Waals surface area contributed by atoms with Crippen molar-refractivity contribution in [2.24, 2.45) is 0 Å². The maximum absolute atomic E-state index is 5.51. The normalized spacial score (nSPS) is 19.8. The van der Waals surface area contributed by atoms with Gasteiger partial charge in [-0.3, -0.25) is 4.90 Å². The maximum atomic E-state index is 5.51. The van der Waals surface area contributed by atoms with Crippen molar-refractivity contribution < 1.29 is 14.0 Å². The predicted molar refractivity (Wildman–Crippen MR) is 102 cm³/mol. The molecule has 0 amide bonds. The van der Waals surface area contributed by atoms with Gasteiger partial charge in [0.05, 0.1) is 13.7 Å². The van der Waals surface area contributed by atoms with E-state index in [9.17, 15) is 0 Å². The van der Waals surface area contributed by atoms with Crippen molar-refractivity contribution in [2.45, 2.75) is 44.1 Å². The molecule has 0 radical (unpaired) electrons. The van der Waals surface area contributed by atoms with Crippen molar-refractivity contribution in [3.8, 4) is 5.88 Å². The van der Waals surface area contributed by atoms with E-state index in [-0.39, 0.29) is 0 Å². The number of rotatable bonds is 5. The summed E-state index contributed by atoms with van der Waals surface area (Å²) in [5.41, 5.74) is 0.746. The zero-order valence-electron chi connectivity index (χ0n) is 16.5. The highest BCUT2D eigenvalue weighted by molar-refractivity contribution is 5.38. The Morgan fingerprint density at radius 3 is 2.69 bits per heavy atom. The van der Waals surface area contributed by atoms with Gasteiger partial charge in [-0.15, -0.1) is 15.3 Å². The Morgan fingerprint density at radius 2 is 1.90 bits per heavy atom. The first-order chi connectivity index (χ1) is 14.3. The first-order valence-electron chi connectivity index (χ1n) is 10.2. The van der Waals surface area contributed by atoms with Crippen molar-refractivity contribution >= 4 is 5.65 Å². The van der Waals surface area contributed by atoms with Crippen LogP contribution in [0.25, 0.3) is 5.65 Å². The van der Waals surface area contributed by atoms with Gasteiger partial charge in [-0.2, -0.15) is 9.50 Å². The Bertz CT molecular complexity index is 958. The molecule has 0 unspecified atom stereocenters. The van der Waals surface area contributed by atoms with Gasteiger partial charge in [-0.1, -0.05) is 5.16 Å². The number of aromatic nitrogens is 6. The van der Waals surface area contributed by atoms with Gasteiger partial charge in [0.2, 0.25) is 11.8 Å². The van der Waals surface area contributed by atoms with E-state index < -0.39 is 0 Å². The highest BCUT2D eigenvalue weighted by Gasteiger charge is 2.27. The third-order valence-electron chi connectivity index (χ3n) is 5.84. The molecular weight excluding hydrogens is 374 g/mol. The number of piperidine rings is 1. The fourth-order valence-electron chi connectivity index (χ4n) is 4.14. The van der Waals surface area contributed by atoms with Crippen LogP contribution in [0.1, 0.15) is 55.1 Å². The van der Waals surface area contributed by atoms with Gasteiger partial charge in [0.25, 0.3) is 0 Å². The van der Waals surface area contributed by atoms with Crippen molar-refractivity contribution in [1.29, 1.82) is 0 Å². The molecule has 0 spiro atoms. The van der Waals surface area contributed by atoms with Crippen LogP contribution in [-0.4, -0.2) is 68.3 Å². The Morgan fingerprint density at radius 1 is 1.07 bits per heavy atom. The van der Waals surface area contributed by atoms with E-state index in [4.69, 9.17) is 14.0 Å². The Hall–Kier alpha value is -2.59. The van der Waals surface area contributed by atoms with Crippen LogP contribution in [-0.2, 0) is 11.3 Å². The number of fused-ring (bicyclic) bond motifs is 1. The largest absolute Gasteiger partial charge is 0.480 e. The second-order valence-corrected chi connectivity index (χ2v) is 7.69. The molecule has 154 valence electrons. The molecule has 0 aromatic carbocycles. The topological polar surface area (TPSA) is 104 Å². The third-order valence-corrected chi connectivity index (χ3v) is 5.84. The van der Waals surface area contributed by atoms with E-state index in [1.54, 1.807) is 17.7 Å². The van der Waals surface area contributed by atoms with Crippen molar-refractivity contribution in [1.82, 2.24) is 34.9 Å². The summed E-state index contributed by atoms with van der Waals surface area (Å²) in [6.07, 6.45) is 3.89. The molecule has 0 aliphatic carbocycles.